The SMILES string of the molecule is COc1cccc2c(=O)n(C[C@H]3CC34CCCCC4)cnc12. The first-order valence-corrected chi connectivity index (χ1v) is 8.26. The fourth-order valence-electron chi connectivity index (χ4n) is 4.25. The third kappa shape index (κ3) is 2.13. The molecule has 0 N–H and O–H groups in total. The maximum Gasteiger partial charge on any atom is 0.261 e. The normalized spacial score (nSPS) is 22.9. The zero-order valence-corrected chi connectivity index (χ0v) is 13.0. The van der Waals surface area contributed by atoms with Crippen LogP contribution in [0.15, 0.2) is 29.3 Å². The van der Waals surface area contributed by atoms with Gasteiger partial charge in [-0.3, -0.25) is 9.36 Å². The molecule has 4 nitrogen and oxygen atoms in total. The van der Waals surface area contributed by atoms with E-state index in [2.05, 4.69) is 4.98 Å². The predicted octanol–water partition coefficient (Wildman–Crippen LogP) is 3.38. The van der Waals surface area contributed by atoms with Crippen LogP contribution < -0.4 is 10.3 Å². The van der Waals surface area contributed by atoms with Gasteiger partial charge in [0.05, 0.1) is 18.8 Å². The van der Waals surface area contributed by atoms with E-state index in [1.165, 1.54) is 38.5 Å². The minimum atomic E-state index is 0.0572. The van der Waals surface area contributed by atoms with Gasteiger partial charge in [0.1, 0.15) is 11.3 Å². The standard InChI is InChI=1S/C18H22N2O2/c1-22-15-7-5-6-14-16(15)19-12-20(17(14)21)11-13-10-18(13)8-3-2-4-9-18/h5-7,12-13H,2-4,8-11H2,1H3/t13-/m1/s1. The highest BCUT2D eigenvalue weighted by Crippen LogP contribution is 2.61. The van der Waals surface area contributed by atoms with Crippen molar-refractivity contribution in [3.8, 4) is 5.75 Å². The smallest absolute Gasteiger partial charge is 0.261 e. The topological polar surface area (TPSA) is 44.1 Å². The summed E-state index contributed by atoms with van der Waals surface area (Å²) < 4.78 is 7.10. The molecule has 0 amide bonds. The summed E-state index contributed by atoms with van der Waals surface area (Å²) in [6, 6.07) is 5.54. The zero-order valence-electron chi connectivity index (χ0n) is 13.0. The van der Waals surface area contributed by atoms with Crippen molar-refractivity contribution in [1.82, 2.24) is 9.55 Å². The average molecular weight is 298 g/mol. The molecule has 1 aromatic heterocycles. The molecule has 2 aliphatic carbocycles. The molecule has 2 aromatic rings. The number of hydrogen-bond acceptors (Lipinski definition) is 3. The molecule has 1 spiro atoms. The molecular weight excluding hydrogens is 276 g/mol. The number of aromatic nitrogens is 2. The Bertz CT molecular complexity index is 759. The first-order valence-electron chi connectivity index (χ1n) is 8.26. The lowest BCUT2D eigenvalue weighted by Crippen LogP contribution is -2.23. The Labute approximate surface area is 130 Å². The summed E-state index contributed by atoms with van der Waals surface area (Å²) >= 11 is 0. The number of fused-ring (bicyclic) bond motifs is 1. The average Bonchev–Trinajstić information content (AvgIpc) is 3.21. The number of nitrogens with zero attached hydrogens (tertiary/aromatic N) is 2. The highest BCUT2D eigenvalue weighted by molar-refractivity contribution is 5.83. The molecule has 0 aliphatic heterocycles. The number of benzene rings is 1. The van der Waals surface area contributed by atoms with Crippen LogP contribution in [0.25, 0.3) is 10.9 Å². The van der Waals surface area contributed by atoms with Gasteiger partial charge in [-0.25, -0.2) is 4.98 Å². The van der Waals surface area contributed by atoms with Gasteiger partial charge in [-0.05, 0) is 42.7 Å². The van der Waals surface area contributed by atoms with Crippen molar-refractivity contribution < 1.29 is 4.74 Å². The van der Waals surface area contributed by atoms with Crippen LogP contribution in [0.3, 0.4) is 0 Å². The van der Waals surface area contributed by atoms with E-state index in [0.717, 1.165) is 6.54 Å². The van der Waals surface area contributed by atoms with E-state index in [0.29, 0.717) is 28.0 Å². The van der Waals surface area contributed by atoms with Crippen LogP contribution in [0.4, 0.5) is 0 Å². The molecule has 1 atom stereocenters. The van der Waals surface area contributed by atoms with Gasteiger partial charge in [0.25, 0.3) is 5.56 Å². The van der Waals surface area contributed by atoms with Gasteiger partial charge in [0, 0.05) is 6.54 Å². The van der Waals surface area contributed by atoms with E-state index in [9.17, 15) is 4.79 Å². The molecule has 22 heavy (non-hydrogen) atoms. The van der Waals surface area contributed by atoms with E-state index < -0.39 is 0 Å². The summed E-state index contributed by atoms with van der Waals surface area (Å²) in [5.74, 6) is 1.33. The van der Waals surface area contributed by atoms with Gasteiger partial charge in [-0.2, -0.15) is 0 Å². The molecule has 116 valence electrons. The first kappa shape index (κ1) is 13.8. The molecule has 2 saturated carbocycles. The Hall–Kier alpha value is -1.84. The Morgan fingerprint density at radius 1 is 1.32 bits per heavy atom. The number of ether oxygens (including phenoxy) is 1. The number of hydrogen-bond donors (Lipinski definition) is 0. The second kappa shape index (κ2) is 5.11. The molecule has 1 aromatic carbocycles. The minimum Gasteiger partial charge on any atom is -0.494 e. The van der Waals surface area contributed by atoms with Gasteiger partial charge in [-0.15, -0.1) is 0 Å². The van der Waals surface area contributed by atoms with Crippen molar-refractivity contribution in [2.24, 2.45) is 11.3 Å². The summed E-state index contributed by atoms with van der Waals surface area (Å²) in [5.41, 5.74) is 1.26. The fourth-order valence-corrected chi connectivity index (χ4v) is 4.25. The summed E-state index contributed by atoms with van der Waals surface area (Å²) in [6.45, 7) is 0.818. The summed E-state index contributed by atoms with van der Waals surface area (Å²) in [4.78, 5) is 17.2. The van der Waals surface area contributed by atoms with E-state index in [1.54, 1.807) is 18.0 Å². The van der Waals surface area contributed by atoms with Crippen LogP contribution in [0.2, 0.25) is 0 Å². The predicted molar refractivity (Wildman–Crippen MR) is 86.2 cm³/mol. The van der Waals surface area contributed by atoms with Gasteiger partial charge in [-0.1, -0.05) is 25.3 Å². The molecule has 1 heterocycles. The highest BCUT2D eigenvalue weighted by Gasteiger charge is 2.53. The number of methoxy groups -OCH3 is 1. The van der Waals surface area contributed by atoms with Crippen LogP contribution in [0.5, 0.6) is 5.75 Å². The lowest BCUT2D eigenvalue weighted by molar-refractivity contribution is 0.296. The van der Waals surface area contributed by atoms with Crippen LogP contribution in [0.1, 0.15) is 38.5 Å². The van der Waals surface area contributed by atoms with Gasteiger partial charge in [0.15, 0.2) is 0 Å². The largest absolute Gasteiger partial charge is 0.494 e. The molecular formula is C18H22N2O2. The van der Waals surface area contributed by atoms with Crippen molar-refractivity contribution in [3.63, 3.8) is 0 Å². The summed E-state index contributed by atoms with van der Waals surface area (Å²) in [5, 5.41) is 0.653. The van der Waals surface area contributed by atoms with Gasteiger partial charge in [0.2, 0.25) is 0 Å². The van der Waals surface area contributed by atoms with Crippen molar-refractivity contribution in [3.05, 3.63) is 34.9 Å². The second-order valence-electron chi connectivity index (χ2n) is 6.88. The molecule has 4 heteroatoms. The molecule has 2 fully saturated rings. The summed E-state index contributed by atoms with van der Waals surface area (Å²) in [7, 11) is 1.61. The van der Waals surface area contributed by atoms with E-state index in [4.69, 9.17) is 4.74 Å². The van der Waals surface area contributed by atoms with Crippen molar-refractivity contribution in [2.75, 3.05) is 7.11 Å². The molecule has 0 bridgehead atoms. The third-order valence-electron chi connectivity index (χ3n) is 5.66. The molecule has 0 saturated heterocycles. The Morgan fingerprint density at radius 3 is 2.91 bits per heavy atom. The Balaban J connectivity index is 1.63. The monoisotopic (exact) mass is 298 g/mol. The maximum atomic E-state index is 12.7. The van der Waals surface area contributed by atoms with Crippen molar-refractivity contribution >= 4 is 10.9 Å². The Morgan fingerprint density at radius 2 is 2.14 bits per heavy atom. The van der Waals surface area contributed by atoms with Gasteiger partial charge >= 0.3 is 0 Å². The number of para-hydroxylation sites is 1. The molecule has 4 rings (SSSR count). The lowest BCUT2D eigenvalue weighted by atomic mass is 9.84. The Kier molecular flexibility index (Phi) is 3.21. The number of rotatable bonds is 3. The quantitative estimate of drug-likeness (QED) is 0.872. The molecule has 0 radical (unpaired) electrons. The third-order valence-corrected chi connectivity index (χ3v) is 5.66. The fraction of sp³-hybridized carbons (Fsp3) is 0.556. The van der Waals surface area contributed by atoms with Gasteiger partial charge < -0.3 is 4.74 Å². The van der Waals surface area contributed by atoms with Crippen LogP contribution in [0, 0.1) is 11.3 Å². The van der Waals surface area contributed by atoms with E-state index in [1.807, 2.05) is 18.2 Å². The minimum absolute atomic E-state index is 0.0572. The van der Waals surface area contributed by atoms with Crippen molar-refractivity contribution in [2.45, 2.75) is 45.1 Å². The molecule has 2 aliphatic rings. The van der Waals surface area contributed by atoms with E-state index in [-0.39, 0.29) is 5.56 Å². The summed E-state index contributed by atoms with van der Waals surface area (Å²) in [6.07, 6.45) is 9.78. The highest BCUT2D eigenvalue weighted by atomic mass is 16.5. The second-order valence-corrected chi connectivity index (χ2v) is 6.88. The van der Waals surface area contributed by atoms with Crippen molar-refractivity contribution in [1.29, 1.82) is 0 Å². The van der Waals surface area contributed by atoms with Crippen LogP contribution in [-0.2, 0) is 6.54 Å². The lowest BCUT2D eigenvalue weighted by Gasteiger charge is -2.22. The van der Waals surface area contributed by atoms with Crippen LogP contribution >= 0.6 is 0 Å². The maximum absolute atomic E-state index is 12.7. The van der Waals surface area contributed by atoms with E-state index >= 15 is 0 Å². The van der Waals surface area contributed by atoms with Crippen LogP contribution in [-0.4, -0.2) is 16.7 Å². The zero-order chi connectivity index (χ0) is 15.2. The molecule has 0 unspecified atom stereocenters. The first-order chi connectivity index (χ1) is 10.7.